The van der Waals surface area contributed by atoms with Gasteiger partial charge in [0.2, 0.25) is 5.82 Å². The zero-order chi connectivity index (χ0) is 24.2. The van der Waals surface area contributed by atoms with Crippen LogP contribution in [0, 0.1) is 23.3 Å². The molecular formula is C27H24F4O3. The van der Waals surface area contributed by atoms with Gasteiger partial charge in [-0.25, -0.2) is 13.2 Å². The number of halogens is 4. The minimum absolute atomic E-state index is 0.0275. The molecule has 1 aliphatic heterocycles. The molecule has 1 heterocycles. The first-order valence-electron chi connectivity index (χ1n) is 11.0. The highest BCUT2D eigenvalue weighted by Gasteiger charge is 2.27. The molecule has 3 aromatic carbocycles. The second-order valence-corrected chi connectivity index (χ2v) is 7.95. The molecule has 0 spiro atoms. The van der Waals surface area contributed by atoms with Crippen molar-refractivity contribution in [3.8, 4) is 28.0 Å². The number of benzene rings is 3. The third-order valence-corrected chi connectivity index (χ3v) is 5.76. The Morgan fingerprint density at radius 1 is 0.824 bits per heavy atom. The molecule has 0 radical (unpaired) electrons. The molecule has 0 amide bonds. The number of hydrogen-bond acceptors (Lipinski definition) is 3. The lowest BCUT2D eigenvalue weighted by atomic mass is 9.94. The maximum Gasteiger partial charge on any atom is 0.201 e. The molecule has 1 fully saturated rings. The van der Waals surface area contributed by atoms with Gasteiger partial charge in [0.25, 0.3) is 0 Å². The van der Waals surface area contributed by atoms with Crippen molar-refractivity contribution in [2.75, 3.05) is 19.8 Å². The molecule has 3 aromatic rings. The van der Waals surface area contributed by atoms with Gasteiger partial charge in [-0.15, -0.1) is 0 Å². The van der Waals surface area contributed by atoms with Crippen molar-refractivity contribution in [3.05, 3.63) is 90.0 Å². The lowest BCUT2D eigenvalue weighted by Gasteiger charge is -2.29. The van der Waals surface area contributed by atoms with Crippen LogP contribution in [0.5, 0.6) is 5.75 Å². The number of ether oxygens (including phenoxy) is 3. The average molecular weight is 472 g/mol. The van der Waals surface area contributed by atoms with Gasteiger partial charge in [0.1, 0.15) is 6.61 Å². The fourth-order valence-corrected chi connectivity index (χ4v) is 3.91. The monoisotopic (exact) mass is 472 g/mol. The topological polar surface area (TPSA) is 27.7 Å². The van der Waals surface area contributed by atoms with Crippen LogP contribution in [0.15, 0.2) is 61.2 Å². The maximum atomic E-state index is 14.9. The first-order valence-corrected chi connectivity index (χ1v) is 11.0. The van der Waals surface area contributed by atoms with E-state index in [9.17, 15) is 17.6 Å². The van der Waals surface area contributed by atoms with E-state index in [2.05, 4.69) is 6.58 Å². The molecule has 34 heavy (non-hydrogen) atoms. The highest BCUT2D eigenvalue weighted by Crippen LogP contribution is 2.34. The first-order chi connectivity index (χ1) is 16.4. The van der Waals surface area contributed by atoms with Crippen LogP contribution in [0.4, 0.5) is 17.6 Å². The van der Waals surface area contributed by atoms with Crippen molar-refractivity contribution in [1.29, 1.82) is 0 Å². The van der Waals surface area contributed by atoms with Crippen LogP contribution in [0.1, 0.15) is 24.8 Å². The van der Waals surface area contributed by atoms with Gasteiger partial charge in [-0.1, -0.05) is 56.0 Å². The van der Waals surface area contributed by atoms with Crippen molar-refractivity contribution in [1.82, 2.24) is 0 Å². The molecular weight excluding hydrogens is 448 g/mol. The molecule has 3 nitrogen and oxygen atoms in total. The number of hydrogen-bond donors (Lipinski definition) is 0. The summed E-state index contributed by atoms with van der Waals surface area (Å²) in [6, 6.07) is 11.9. The van der Waals surface area contributed by atoms with Gasteiger partial charge in [0, 0.05) is 17.0 Å². The Labute approximate surface area is 195 Å². The van der Waals surface area contributed by atoms with Crippen LogP contribution in [0.3, 0.4) is 0 Å². The van der Waals surface area contributed by atoms with Gasteiger partial charge >= 0.3 is 0 Å². The molecule has 0 aliphatic carbocycles. The quantitative estimate of drug-likeness (QED) is 0.274. The molecule has 7 heteroatoms. The van der Waals surface area contributed by atoms with Crippen LogP contribution < -0.4 is 4.74 Å². The van der Waals surface area contributed by atoms with E-state index in [1.807, 2.05) is 6.92 Å². The Balaban J connectivity index is 1.57. The highest BCUT2D eigenvalue weighted by molar-refractivity contribution is 5.72. The Morgan fingerprint density at radius 3 is 1.94 bits per heavy atom. The summed E-state index contributed by atoms with van der Waals surface area (Å²) in [5.41, 5.74) is 1.08. The summed E-state index contributed by atoms with van der Waals surface area (Å²) < 4.78 is 74.8. The third kappa shape index (κ3) is 4.72. The van der Waals surface area contributed by atoms with Crippen molar-refractivity contribution >= 4 is 0 Å². The molecule has 1 aliphatic rings. The average Bonchev–Trinajstić information content (AvgIpc) is 2.87. The molecule has 0 bridgehead atoms. The van der Waals surface area contributed by atoms with Crippen LogP contribution in [-0.2, 0) is 9.47 Å². The zero-order valence-electron chi connectivity index (χ0n) is 18.6. The van der Waals surface area contributed by atoms with Crippen molar-refractivity contribution in [3.63, 3.8) is 0 Å². The Morgan fingerprint density at radius 2 is 1.38 bits per heavy atom. The summed E-state index contributed by atoms with van der Waals surface area (Å²) in [5, 5.41) is 0. The van der Waals surface area contributed by atoms with Gasteiger partial charge in [-0.05, 0) is 35.2 Å². The Bertz CT molecular complexity index is 1170. The summed E-state index contributed by atoms with van der Waals surface area (Å²) >= 11 is 0. The normalized spacial score (nSPS) is 18.0. The first kappa shape index (κ1) is 24.0. The molecule has 0 saturated carbocycles. The zero-order valence-corrected chi connectivity index (χ0v) is 18.6. The van der Waals surface area contributed by atoms with E-state index >= 15 is 0 Å². The predicted molar refractivity (Wildman–Crippen MR) is 122 cm³/mol. The Hall–Kier alpha value is -3.16. The van der Waals surface area contributed by atoms with Crippen LogP contribution in [0.25, 0.3) is 22.3 Å². The minimum atomic E-state index is -1.10. The lowest BCUT2D eigenvalue weighted by Crippen LogP contribution is -2.30. The van der Waals surface area contributed by atoms with Crippen molar-refractivity contribution in [2.24, 2.45) is 0 Å². The van der Waals surface area contributed by atoms with E-state index in [1.165, 1.54) is 54.6 Å². The fraction of sp³-hybridized carbons (Fsp3) is 0.259. The summed E-state index contributed by atoms with van der Waals surface area (Å²) in [7, 11) is 0. The summed E-state index contributed by atoms with van der Waals surface area (Å²) in [4.78, 5) is 0. The van der Waals surface area contributed by atoms with E-state index < -0.39 is 29.2 Å². The van der Waals surface area contributed by atoms with Crippen LogP contribution >= 0.6 is 0 Å². The minimum Gasteiger partial charge on any atom is -0.486 e. The van der Waals surface area contributed by atoms with E-state index in [4.69, 9.17) is 14.2 Å². The van der Waals surface area contributed by atoms with E-state index in [0.29, 0.717) is 17.5 Å². The summed E-state index contributed by atoms with van der Waals surface area (Å²) in [5.74, 6) is -4.70. The van der Waals surface area contributed by atoms with Gasteiger partial charge in [-0.2, -0.15) is 4.39 Å². The van der Waals surface area contributed by atoms with E-state index in [0.717, 1.165) is 0 Å². The molecule has 4 rings (SSSR count). The van der Waals surface area contributed by atoms with Crippen LogP contribution in [0.2, 0.25) is 0 Å². The maximum absolute atomic E-state index is 14.9. The number of rotatable bonds is 7. The third-order valence-electron chi connectivity index (χ3n) is 5.76. The Kier molecular flexibility index (Phi) is 7.34. The smallest absolute Gasteiger partial charge is 0.201 e. The van der Waals surface area contributed by atoms with Crippen molar-refractivity contribution < 1.29 is 31.8 Å². The highest BCUT2D eigenvalue weighted by atomic mass is 19.2. The van der Waals surface area contributed by atoms with E-state index in [-0.39, 0.29) is 48.6 Å². The molecule has 0 N–H and O–H groups in total. The SMILES string of the molecule is C=CCOc1ccc(-c2ccc(-c3ccc(C4COC(CC)OC4)c(F)c3F)cc2)c(F)c1F. The largest absolute Gasteiger partial charge is 0.486 e. The van der Waals surface area contributed by atoms with Crippen molar-refractivity contribution in [2.45, 2.75) is 25.6 Å². The van der Waals surface area contributed by atoms with Gasteiger partial charge < -0.3 is 14.2 Å². The fourth-order valence-electron chi connectivity index (χ4n) is 3.91. The second-order valence-electron chi connectivity index (χ2n) is 7.95. The van der Waals surface area contributed by atoms with Gasteiger partial charge in [0.05, 0.1) is 13.2 Å². The predicted octanol–water partition coefficient (Wildman–Crippen LogP) is 7.01. The molecule has 0 atom stereocenters. The molecule has 0 aromatic heterocycles. The molecule has 0 unspecified atom stereocenters. The molecule has 1 saturated heterocycles. The lowest BCUT2D eigenvalue weighted by molar-refractivity contribution is -0.187. The summed E-state index contributed by atoms with van der Waals surface area (Å²) in [6.07, 6.45) is 1.79. The van der Waals surface area contributed by atoms with Crippen LogP contribution in [-0.4, -0.2) is 26.1 Å². The second kappa shape index (κ2) is 10.4. The molecule has 178 valence electrons. The van der Waals surface area contributed by atoms with Gasteiger partial charge in [-0.3, -0.25) is 0 Å². The van der Waals surface area contributed by atoms with Gasteiger partial charge in [0.15, 0.2) is 29.5 Å². The summed E-state index contributed by atoms with van der Waals surface area (Å²) in [6.45, 7) is 5.94. The standard InChI is InChI=1S/C27H24F4O3/c1-3-13-32-22-12-11-20(26(30)27(22)31)17-7-5-16(6-8-17)19-9-10-21(25(29)24(19)28)18-14-33-23(4-2)34-15-18/h3,5-12,18,23H,1,4,13-15H2,2H3. The van der Waals surface area contributed by atoms with E-state index in [1.54, 1.807) is 0 Å².